The summed E-state index contributed by atoms with van der Waals surface area (Å²) in [5.41, 5.74) is 5.30. The zero-order valence-electron chi connectivity index (χ0n) is 6.08. The molecule has 0 unspecified atom stereocenters. The van der Waals surface area contributed by atoms with E-state index < -0.39 is 12.0 Å². The number of nitrogens with two attached hydrogens (primary N) is 1. The van der Waals surface area contributed by atoms with Crippen LogP contribution in [0.4, 0.5) is 0 Å². The van der Waals surface area contributed by atoms with E-state index in [4.69, 9.17) is 10.8 Å². The van der Waals surface area contributed by atoms with Crippen molar-refractivity contribution in [2.24, 2.45) is 11.7 Å². The molecule has 0 aromatic heterocycles. The van der Waals surface area contributed by atoms with Gasteiger partial charge in [0.2, 0.25) is 0 Å². The summed E-state index contributed by atoms with van der Waals surface area (Å²) in [6, 6.07) is -0.766. The molecule has 0 radical (unpaired) electrons. The van der Waals surface area contributed by atoms with Crippen molar-refractivity contribution in [2.75, 3.05) is 0 Å². The quantitative estimate of drug-likeness (QED) is 0.567. The fraction of sp³-hybridized carbons (Fsp3) is 0.571. The average Bonchev–Trinajstić information content (AvgIpc) is 1.87. The molecule has 0 aromatic rings. The van der Waals surface area contributed by atoms with Crippen LogP contribution in [0.2, 0.25) is 0 Å². The lowest BCUT2D eigenvalue weighted by atomic mass is 10.00. The van der Waals surface area contributed by atoms with Gasteiger partial charge in [-0.05, 0) is 12.3 Å². The van der Waals surface area contributed by atoms with Crippen molar-refractivity contribution >= 4 is 5.97 Å². The Morgan fingerprint density at radius 1 is 1.90 bits per heavy atom. The van der Waals surface area contributed by atoms with E-state index in [1.165, 1.54) is 0 Å². The Morgan fingerprint density at radius 2 is 2.40 bits per heavy atom. The molecule has 0 aromatic carbocycles. The maximum atomic E-state index is 10.3. The second kappa shape index (κ2) is 4.06. The summed E-state index contributed by atoms with van der Waals surface area (Å²) in [7, 11) is 0. The Hall–Kier alpha value is -0.830. The number of carbonyl (C=O) groups is 1. The SMILES string of the molecule is C=CC[C@H](C)[C@H](N)C(=O)O. The molecular weight excluding hydrogens is 130 g/mol. The molecule has 0 fully saturated rings. The minimum Gasteiger partial charge on any atom is -0.480 e. The van der Waals surface area contributed by atoms with Gasteiger partial charge in [-0.3, -0.25) is 4.79 Å². The summed E-state index contributed by atoms with van der Waals surface area (Å²) < 4.78 is 0. The lowest BCUT2D eigenvalue weighted by Crippen LogP contribution is -2.36. The molecule has 3 nitrogen and oxygen atoms in total. The van der Waals surface area contributed by atoms with Gasteiger partial charge in [-0.2, -0.15) is 0 Å². The second-order valence-corrected chi connectivity index (χ2v) is 2.37. The zero-order chi connectivity index (χ0) is 8.15. The van der Waals surface area contributed by atoms with Crippen LogP contribution < -0.4 is 5.73 Å². The summed E-state index contributed by atoms with van der Waals surface area (Å²) in [5.74, 6) is -0.982. The summed E-state index contributed by atoms with van der Waals surface area (Å²) in [6.07, 6.45) is 2.32. The first kappa shape index (κ1) is 9.17. The molecule has 3 heteroatoms. The predicted octanol–water partition coefficient (Wildman–Crippen LogP) is 0.611. The van der Waals surface area contributed by atoms with E-state index in [1.807, 2.05) is 0 Å². The number of carboxylic acid groups (broad SMARTS) is 1. The first-order chi connectivity index (χ1) is 4.59. The number of hydrogen-bond acceptors (Lipinski definition) is 2. The Morgan fingerprint density at radius 3 is 2.70 bits per heavy atom. The van der Waals surface area contributed by atoms with Gasteiger partial charge in [0, 0.05) is 0 Å². The van der Waals surface area contributed by atoms with Crippen molar-refractivity contribution in [3.63, 3.8) is 0 Å². The maximum absolute atomic E-state index is 10.3. The predicted molar refractivity (Wildman–Crippen MR) is 39.6 cm³/mol. The van der Waals surface area contributed by atoms with Gasteiger partial charge in [-0.25, -0.2) is 0 Å². The summed E-state index contributed by atoms with van der Waals surface area (Å²) in [6.45, 7) is 5.29. The Kier molecular flexibility index (Phi) is 3.72. The number of hydrogen-bond donors (Lipinski definition) is 2. The lowest BCUT2D eigenvalue weighted by molar-refractivity contribution is -0.139. The molecule has 10 heavy (non-hydrogen) atoms. The van der Waals surface area contributed by atoms with Gasteiger partial charge in [0.15, 0.2) is 0 Å². The number of aliphatic carboxylic acids is 1. The van der Waals surface area contributed by atoms with Crippen LogP contribution in [-0.2, 0) is 4.79 Å². The molecule has 3 N–H and O–H groups in total. The maximum Gasteiger partial charge on any atom is 0.320 e. The van der Waals surface area contributed by atoms with Crippen LogP contribution in [0.25, 0.3) is 0 Å². The van der Waals surface area contributed by atoms with Gasteiger partial charge in [0.05, 0.1) is 0 Å². The van der Waals surface area contributed by atoms with Gasteiger partial charge in [0.25, 0.3) is 0 Å². The van der Waals surface area contributed by atoms with E-state index in [-0.39, 0.29) is 5.92 Å². The molecule has 2 atom stereocenters. The third-order valence-corrected chi connectivity index (χ3v) is 1.44. The fourth-order valence-corrected chi connectivity index (χ4v) is 0.653. The van der Waals surface area contributed by atoms with Crippen LogP contribution in [0.15, 0.2) is 12.7 Å². The molecule has 58 valence electrons. The van der Waals surface area contributed by atoms with E-state index in [9.17, 15) is 4.79 Å². The van der Waals surface area contributed by atoms with Crippen molar-refractivity contribution < 1.29 is 9.90 Å². The van der Waals surface area contributed by atoms with Gasteiger partial charge in [0.1, 0.15) is 6.04 Å². The van der Waals surface area contributed by atoms with Gasteiger partial charge >= 0.3 is 5.97 Å². The molecule has 0 rings (SSSR count). The van der Waals surface area contributed by atoms with Crippen LogP contribution in [0.3, 0.4) is 0 Å². The van der Waals surface area contributed by atoms with Gasteiger partial charge in [-0.1, -0.05) is 13.0 Å². The van der Waals surface area contributed by atoms with Crippen molar-refractivity contribution in [2.45, 2.75) is 19.4 Å². The second-order valence-electron chi connectivity index (χ2n) is 2.37. The number of allylic oxidation sites excluding steroid dienone is 1. The Labute approximate surface area is 60.5 Å². The third-order valence-electron chi connectivity index (χ3n) is 1.44. The number of rotatable bonds is 4. The molecule has 0 bridgehead atoms. The van der Waals surface area contributed by atoms with E-state index in [2.05, 4.69) is 6.58 Å². The van der Waals surface area contributed by atoms with Crippen LogP contribution >= 0.6 is 0 Å². The van der Waals surface area contributed by atoms with Crippen LogP contribution in [-0.4, -0.2) is 17.1 Å². The smallest absolute Gasteiger partial charge is 0.320 e. The molecule has 0 aliphatic carbocycles. The molecule has 0 aliphatic rings. The topological polar surface area (TPSA) is 63.3 Å². The molecule has 0 aliphatic heterocycles. The highest BCUT2D eigenvalue weighted by Crippen LogP contribution is 2.05. The standard InChI is InChI=1S/C7H13NO2/c1-3-4-5(2)6(8)7(9)10/h3,5-6H,1,4,8H2,2H3,(H,9,10)/t5-,6-/m0/s1. The van der Waals surface area contributed by atoms with Crippen molar-refractivity contribution in [3.8, 4) is 0 Å². The Balaban J connectivity index is 3.80. The fourth-order valence-electron chi connectivity index (χ4n) is 0.653. The largest absolute Gasteiger partial charge is 0.480 e. The summed E-state index contributed by atoms with van der Waals surface area (Å²) in [5, 5.41) is 8.42. The van der Waals surface area contributed by atoms with Crippen LogP contribution in [0, 0.1) is 5.92 Å². The van der Waals surface area contributed by atoms with Crippen LogP contribution in [0.1, 0.15) is 13.3 Å². The highest BCUT2D eigenvalue weighted by atomic mass is 16.4. The lowest BCUT2D eigenvalue weighted by Gasteiger charge is -2.12. The summed E-state index contributed by atoms with van der Waals surface area (Å²) >= 11 is 0. The van der Waals surface area contributed by atoms with E-state index in [1.54, 1.807) is 13.0 Å². The highest BCUT2D eigenvalue weighted by molar-refractivity contribution is 5.73. The van der Waals surface area contributed by atoms with Crippen molar-refractivity contribution in [1.82, 2.24) is 0 Å². The minimum atomic E-state index is -0.950. The normalized spacial score (nSPS) is 15.8. The highest BCUT2D eigenvalue weighted by Gasteiger charge is 2.17. The van der Waals surface area contributed by atoms with Gasteiger partial charge < -0.3 is 10.8 Å². The van der Waals surface area contributed by atoms with E-state index in [0.29, 0.717) is 6.42 Å². The zero-order valence-corrected chi connectivity index (χ0v) is 6.08. The van der Waals surface area contributed by atoms with Crippen molar-refractivity contribution in [3.05, 3.63) is 12.7 Å². The molecule has 0 spiro atoms. The third kappa shape index (κ3) is 2.64. The van der Waals surface area contributed by atoms with E-state index in [0.717, 1.165) is 0 Å². The first-order valence-corrected chi connectivity index (χ1v) is 3.19. The molecule has 0 heterocycles. The molecule has 0 amide bonds. The average molecular weight is 143 g/mol. The molecular formula is C7H13NO2. The molecule has 0 saturated heterocycles. The van der Waals surface area contributed by atoms with Crippen molar-refractivity contribution in [1.29, 1.82) is 0 Å². The minimum absolute atomic E-state index is 0.0324. The first-order valence-electron chi connectivity index (χ1n) is 3.19. The monoisotopic (exact) mass is 143 g/mol. The Bertz CT molecular complexity index is 134. The summed E-state index contributed by atoms with van der Waals surface area (Å²) in [4.78, 5) is 10.3. The molecule has 0 saturated carbocycles. The van der Waals surface area contributed by atoms with Crippen LogP contribution in [0.5, 0.6) is 0 Å². The number of carboxylic acids is 1. The van der Waals surface area contributed by atoms with Gasteiger partial charge in [-0.15, -0.1) is 6.58 Å². The van der Waals surface area contributed by atoms with E-state index >= 15 is 0 Å².